The minimum Gasteiger partial charge on any atom is -0.496 e. The Hall–Kier alpha value is -2.94. The first kappa shape index (κ1) is 15.9. The van der Waals surface area contributed by atoms with Gasteiger partial charge < -0.3 is 4.74 Å². The summed E-state index contributed by atoms with van der Waals surface area (Å²) in [7, 11) is 1.65. The van der Waals surface area contributed by atoms with E-state index in [2.05, 4.69) is 4.98 Å². The van der Waals surface area contributed by atoms with Crippen LogP contribution in [0.25, 0.3) is 11.1 Å². The summed E-state index contributed by atoms with van der Waals surface area (Å²) in [6.07, 6.45) is 4.37. The number of hydrogen-bond donors (Lipinski definition) is 0. The molecular formula is C21H19NO2. The Morgan fingerprint density at radius 2 is 1.62 bits per heavy atom. The van der Waals surface area contributed by atoms with Crippen molar-refractivity contribution in [2.45, 2.75) is 12.8 Å². The lowest BCUT2D eigenvalue weighted by molar-refractivity contribution is -0.117. The molecular weight excluding hydrogens is 298 g/mol. The maximum atomic E-state index is 12.3. The topological polar surface area (TPSA) is 39.2 Å². The van der Waals surface area contributed by atoms with E-state index in [1.807, 2.05) is 60.7 Å². The van der Waals surface area contributed by atoms with Gasteiger partial charge in [0.25, 0.3) is 0 Å². The summed E-state index contributed by atoms with van der Waals surface area (Å²) in [5, 5.41) is 0. The normalized spacial score (nSPS) is 10.4. The second-order valence-corrected chi connectivity index (χ2v) is 5.65. The molecule has 2 aromatic carbocycles. The molecule has 0 saturated carbocycles. The Labute approximate surface area is 142 Å². The van der Waals surface area contributed by atoms with E-state index in [4.69, 9.17) is 4.74 Å². The fourth-order valence-corrected chi connectivity index (χ4v) is 2.73. The van der Waals surface area contributed by atoms with Crippen molar-refractivity contribution in [1.82, 2.24) is 4.98 Å². The zero-order valence-corrected chi connectivity index (χ0v) is 13.6. The van der Waals surface area contributed by atoms with E-state index in [0.717, 1.165) is 28.0 Å². The molecule has 3 rings (SSSR count). The Balaban J connectivity index is 1.76. The highest BCUT2D eigenvalue weighted by Crippen LogP contribution is 2.30. The number of pyridine rings is 1. The number of aromatic nitrogens is 1. The van der Waals surface area contributed by atoms with E-state index in [-0.39, 0.29) is 5.78 Å². The van der Waals surface area contributed by atoms with Crippen molar-refractivity contribution >= 4 is 5.78 Å². The highest BCUT2D eigenvalue weighted by molar-refractivity contribution is 5.83. The summed E-state index contributed by atoms with van der Waals surface area (Å²) in [4.78, 5) is 16.3. The van der Waals surface area contributed by atoms with Crippen molar-refractivity contribution in [3.05, 3.63) is 84.2 Å². The van der Waals surface area contributed by atoms with Crippen LogP contribution in [-0.2, 0) is 17.6 Å². The Kier molecular flexibility index (Phi) is 5.02. The Bertz CT molecular complexity index is 814. The number of benzene rings is 2. The average Bonchev–Trinajstić information content (AvgIpc) is 2.63. The predicted molar refractivity (Wildman–Crippen MR) is 95.1 cm³/mol. The van der Waals surface area contributed by atoms with Crippen LogP contribution in [0.1, 0.15) is 11.1 Å². The predicted octanol–water partition coefficient (Wildman–Crippen LogP) is 4.11. The lowest BCUT2D eigenvalue weighted by Crippen LogP contribution is -2.06. The van der Waals surface area contributed by atoms with Crippen molar-refractivity contribution in [2.24, 2.45) is 0 Å². The van der Waals surface area contributed by atoms with Crippen LogP contribution in [0.15, 0.2) is 73.1 Å². The molecule has 3 aromatic rings. The minimum absolute atomic E-state index is 0.194. The third-order valence-corrected chi connectivity index (χ3v) is 3.90. The molecule has 0 saturated heterocycles. The van der Waals surface area contributed by atoms with Gasteiger partial charge in [-0.3, -0.25) is 9.78 Å². The second kappa shape index (κ2) is 7.55. The van der Waals surface area contributed by atoms with Crippen molar-refractivity contribution in [3.63, 3.8) is 0 Å². The van der Waals surface area contributed by atoms with Crippen LogP contribution >= 0.6 is 0 Å². The van der Waals surface area contributed by atoms with Crippen LogP contribution in [0.3, 0.4) is 0 Å². The Morgan fingerprint density at radius 3 is 2.33 bits per heavy atom. The molecule has 1 aromatic heterocycles. The first-order valence-corrected chi connectivity index (χ1v) is 7.89. The summed E-state index contributed by atoms with van der Waals surface area (Å²) in [5.41, 5.74) is 4.05. The van der Waals surface area contributed by atoms with Gasteiger partial charge in [-0.2, -0.15) is 0 Å². The third-order valence-electron chi connectivity index (χ3n) is 3.90. The number of nitrogens with zero attached hydrogens (tertiary/aromatic N) is 1. The van der Waals surface area contributed by atoms with E-state index in [1.54, 1.807) is 19.5 Å². The van der Waals surface area contributed by atoms with Gasteiger partial charge in [-0.15, -0.1) is 0 Å². The van der Waals surface area contributed by atoms with E-state index in [0.29, 0.717) is 12.8 Å². The highest BCUT2D eigenvalue weighted by atomic mass is 16.5. The molecule has 0 unspecified atom stereocenters. The van der Waals surface area contributed by atoms with Crippen molar-refractivity contribution in [1.29, 1.82) is 0 Å². The van der Waals surface area contributed by atoms with Crippen LogP contribution in [0, 0.1) is 0 Å². The zero-order valence-electron chi connectivity index (χ0n) is 13.6. The van der Waals surface area contributed by atoms with Crippen molar-refractivity contribution < 1.29 is 9.53 Å². The smallest absolute Gasteiger partial charge is 0.141 e. The van der Waals surface area contributed by atoms with Crippen LogP contribution < -0.4 is 4.74 Å². The molecule has 0 radical (unpaired) electrons. The number of carbonyl (C=O) groups is 1. The molecule has 120 valence electrons. The van der Waals surface area contributed by atoms with E-state index in [1.165, 1.54) is 0 Å². The number of ether oxygens (including phenoxy) is 1. The minimum atomic E-state index is 0.194. The van der Waals surface area contributed by atoms with Gasteiger partial charge in [0, 0.05) is 30.8 Å². The number of Topliss-reactive ketones (excluding diaryl/α,β-unsaturated/α-hetero) is 1. The molecule has 3 heteroatoms. The van der Waals surface area contributed by atoms with E-state index in [9.17, 15) is 4.79 Å². The van der Waals surface area contributed by atoms with Gasteiger partial charge in [-0.05, 0) is 34.9 Å². The average molecular weight is 317 g/mol. The molecule has 3 nitrogen and oxygen atoms in total. The number of carbonyl (C=O) groups excluding carboxylic acids is 1. The van der Waals surface area contributed by atoms with Crippen LogP contribution in [-0.4, -0.2) is 17.9 Å². The molecule has 0 aliphatic heterocycles. The monoisotopic (exact) mass is 317 g/mol. The number of methoxy groups -OCH3 is 1. The summed E-state index contributed by atoms with van der Waals surface area (Å²) in [5.74, 6) is 0.964. The van der Waals surface area contributed by atoms with Crippen LogP contribution in [0.2, 0.25) is 0 Å². The molecule has 0 amide bonds. The van der Waals surface area contributed by atoms with Gasteiger partial charge >= 0.3 is 0 Å². The number of ketones is 1. The van der Waals surface area contributed by atoms with Gasteiger partial charge in [0.05, 0.1) is 7.11 Å². The molecule has 1 heterocycles. The van der Waals surface area contributed by atoms with Gasteiger partial charge in [0.15, 0.2) is 0 Å². The standard InChI is InChI=1S/C21H19NO2/c1-24-21-15-17(7-8-20(21)18-9-11-22-12-10-18)14-19(23)13-16-5-3-2-4-6-16/h2-12,15H,13-14H2,1H3. The summed E-state index contributed by atoms with van der Waals surface area (Å²) < 4.78 is 5.51. The van der Waals surface area contributed by atoms with Gasteiger partial charge in [-0.1, -0.05) is 42.5 Å². The molecule has 0 aliphatic carbocycles. The van der Waals surface area contributed by atoms with Gasteiger partial charge in [0.1, 0.15) is 11.5 Å². The van der Waals surface area contributed by atoms with Crippen molar-refractivity contribution in [2.75, 3.05) is 7.11 Å². The van der Waals surface area contributed by atoms with Crippen LogP contribution in [0.4, 0.5) is 0 Å². The first-order valence-electron chi connectivity index (χ1n) is 7.89. The molecule has 0 N–H and O–H groups in total. The maximum absolute atomic E-state index is 12.3. The molecule has 0 atom stereocenters. The van der Waals surface area contributed by atoms with Gasteiger partial charge in [-0.25, -0.2) is 0 Å². The lowest BCUT2D eigenvalue weighted by Gasteiger charge is -2.11. The van der Waals surface area contributed by atoms with E-state index < -0.39 is 0 Å². The molecule has 0 aliphatic rings. The molecule has 0 bridgehead atoms. The molecule has 0 fully saturated rings. The second-order valence-electron chi connectivity index (χ2n) is 5.65. The fraction of sp³-hybridized carbons (Fsp3) is 0.143. The fourth-order valence-electron chi connectivity index (χ4n) is 2.73. The summed E-state index contributed by atoms with van der Waals surface area (Å²) >= 11 is 0. The SMILES string of the molecule is COc1cc(CC(=O)Cc2ccccc2)ccc1-c1ccncc1. The summed E-state index contributed by atoms with van der Waals surface area (Å²) in [6.45, 7) is 0. The number of rotatable bonds is 6. The highest BCUT2D eigenvalue weighted by Gasteiger charge is 2.10. The van der Waals surface area contributed by atoms with Crippen molar-refractivity contribution in [3.8, 4) is 16.9 Å². The largest absolute Gasteiger partial charge is 0.496 e. The first-order chi connectivity index (χ1) is 11.8. The quantitative estimate of drug-likeness (QED) is 0.687. The molecule has 0 spiro atoms. The van der Waals surface area contributed by atoms with Gasteiger partial charge in [0.2, 0.25) is 0 Å². The number of hydrogen-bond acceptors (Lipinski definition) is 3. The Morgan fingerprint density at radius 1 is 0.917 bits per heavy atom. The summed E-state index contributed by atoms with van der Waals surface area (Å²) in [6, 6.07) is 19.6. The zero-order chi connectivity index (χ0) is 16.8. The van der Waals surface area contributed by atoms with Crippen LogP contribution in [0.5, 0.6) is 5.75 Å². The molecule has 24 heavy (non-hydrogen) atoms. The maximum Gasteiger partial charge on any atom is 0.141 e. The third kappa shape index (κ3) is 3.87. The van der Waals surface area contributed by atoms with E-state index >= 15 is 0 Å². The lowest BCUT2D eigenvalue weighted by atomic mass is 9.99.